The van der Waals surface area contributed by atoms with Crippen molar-refractivity contribution < 1.29 is 4.52 Å². The predicted molar refractivity (Wildman–Crippen MR) is 79.9 cm³/mol. The van der Waals surface area contributed by atoms with E-state index in [4.69, 9.17) is 10.3 Å². The number of halogens is 1. The molecule has 0 aliphatic rings. The van der Waals surface area contributed by atoms with Crippen LogP contribution < -0.4 is 5.73 Å². The highest BCUT2D eigenvalue weighted by Gasteiger charge is 2.14. The molecule has 0 atom stereocenters. The van der Waals surface area contributed by atoms with Gasteiger partial charge in [-0.05, 0) is 40.5 Å². The topological polar surface area (TPSA) is 64.9 Å². The van der Waals surface area contributed by atoms with E-state index >= 15 is 0 Å². The quantitative estimate of drug-likeness (QED) is 0.715. The molecule has 3 aromatic rings. The summed E-state index contributed by atoms with van der Waals surface area (Å²) in [6.07, 6.45) is 0. The van der Waals surface area contributed by atoms with Crippen LogP contribution >= 0.6 is 27.3 Å². The normalized spacial score (nSPS) is 10.8. The van der Waals surface area contributed by atoms with E-state index in [1.165, 1.54) is 0 Å². The Balaban J connectivity index is 2.04. The Labute approximate surface area is 122 Å². The number of thiophene rings is 1. The molecule has 2 heterocycles. The van der Waals surface area contributed by atoms with E-state index < -0.39 is 0 Å². The third kappa shape index (κ3) is 2.29. The lowest BCUT2D eigenvalue weighted by Gasteiger charge is -2.02. The third-order valence-electron chi connectivity index (χ3n) is 2.77. The van der Waals surface area contributed by atoms with Crippen molar-refractivity contribution in [1.82, 2.24) is 10.1 Å². The van der Waals surface area contributed by atoms with Gasteiger partial charge in [0.1, 0.15) is 0 Å². The molecule has 3 rings (SSSR count). The smallest absolute Gasteiger partial charge is 0.260 e. The Kier molecular flexibility index (Phi) is 3.12. The van der Waals surface area contributed by atoms with Crippen LogP contribution in [0.5, 0.6) is 0 Å². The van der Waals surface area contributed by atoms with E-state index in [0.29, 0.717) is 17.4 Å². The zero-order valence-electron chi connectivity index (χ0n) is 10.1. The van der Waals surface area contributed by atoms with E-state index in [0.717, 1.165) is 20.5 Å². The molecule has 0 fully saturated rings. The van der Waals surface area contributed by atoms with E-state index in [9.17, 15) is 0 Å². The zero-order valence-corrected chi connectivity index (χ0v) is 12.5. The molecular formula is C13H10BrN3OS. The van der Waals surface area contributed by atoms with Crippen molar-refractivity contribution in [3.63, 3.8) is 0 Å². The molecule has 0 radical (unpaired) electrons. The molecule has 0 bridgehead atoms. The fourth-order valence-electron chi connectivity index (χ4n) is 1.73. The Morgan fingerprint density at radius 1 is 1.37 bits per heavy atom. The number of nitrogens with zero attached hydrogens (tertiary/aromatic N) is 2. The molecule has 4 nitrogen and oxygen atoms in total. The number of para-hydroxylation sites is 1. The molecule has 2 aromatic heterocycles. The van der Waals surface area contributed by atoms with Crippen LogP contribution in [0.25, 0.3) is 22.2 Å². The van der Waals surface area contributed by atoms with Crippen molar-refractivity contribution in [2.45, 2.75) is 6.92 Å². The summed E-state index contributed by atoms with van der Waals surface area (Å²) >= 11 is 4.96. The first kappa shape index (κ1) is 12.4. The summed E-state index contributed by atoms with van der Waals surface area (Å²) < 4.78 is 6.31. The Morgan fingerprint density at radius 3 is 2.95 bits per heavy atom. The molecule has 0 spiro atoms. The van der Waals surface area contributed by atoms with E-state index in [1.807, 2.05) is 36.6 Å². The van der Waals surface area contributed by atoms with Crippen molar-refractivity contribution in [1.29, 1.82) is 0 Å². The lowest BCUT2D eigenvalue weighted by molar-refractivity contribution is 0.432. The van der Waals surface area contributed by atoms with Gasteiger partial charge < -0.3 is 10.3 Å². The average molecular weight is 336 g/mol. The van der Waals surface area contributed by atoms with Gasteiger partial charge in [-0.1, -0.05) is 17.3 Å². The molecule has 0 unspecified atom stereocenters. The molecule has 96 valence electrons. The van der Waals surface area contributed by atoms with Crippen molar-refractivity contribution in [3.8, 4) is 22.2 Å². The maximum absolute atomic E-state index is 6.03. The molecule has 0 aliphatic heterocycles. The van der Waals surface area contributed by atoms with Gasteiger partial charge in [-0.3, -0.25) is 0 Å². The summed E-state index contributed by atoms with van der Waals surface area (Å²) in [6, 6.07) is 7.71. The number of hydrogen-bond donors (Lipinski definition) is 1. The van der Waals surface area contributed by atoms with Crippen molar-refractivity contribution in [2.24, 2.45) is 0 Å². The first-order chi connectivity index (χ1) is 9.15. The number of benzene rings is 1. The van der Waals surface area contributed by atoms with Crippen LogP contribution in [0.3, 0.4) is 0 Å². The molecular weight excluding hydrogens is 326 g/mol. The summed E-state index contributed by atoms with van der Waals surface area (Å²) in [4.78, 5) is 5.35. The van der Waals surface area contributed by atoms with E-state index in [2.05, 4.69) is 26.1 Å². The van der Waals surface area contributed by atoms with Gasteiger partial charge in [-0.25, -0.2) is 0 Å². The van der Waals surface area contributed by atoms with Crippen molar-refractivity contribution >= 4 is 33.0 Å². The number of aromatic nitrogens is 2. The second-order valence-electron chi connectivity index (χ2n) is 4.09. The monoisotopic (exact) mass is 335 g/mol. The van der Waals surface area contributed by atoms with Crippen LogP contribution in [0.2, 0.25) is 0 Å². The highest BCUT2D eigenvalue weighted by Crippen LogP contribution is 2.31. The summed E-state index contributed by atoms with van der Waals surface area (Å²) in [5, 5.41) is 5.97. The van der Waals surface area contributed by atoms with E-state index in [1.54, 1.807) is 11.3 Å². The SMILES string of the molecule is Cc1cccc(-c2nc(-c3cc(Br)cs3)no2)c1N. The Hall–Kier alpha value is -1.66. The molecule has 1 aromatic carbocycles. The van der Waals surface area contributed by atoms with Gasteiger partial charge in [0, 0.05) is 15.5 Å². The molecule has 2 N–H and O–H groups in total. The van der Waals surface area contributed by atoms with Crippen LogP contribution in [-0.2, 0) is 0 Å². The summed E-state index contributed by atoms with van der Waals surface area (Å²) in [7, 11) is 0. The molecule has 19 heavy (non-hydrogen) atoms. The minimum absolute atomic E-state index is 0.445. The lowest BCUT2D eigenvalue weighted by Crippen LogP contribution is -1.93. The van der Waals surface area contributed by atoms with Crippen LogP contribution in [0.1, 0.15) is 5.56 Å². The minimum Gasteiger partial charge on any atom is -0.398 e. The second kappa shape index (κ2) is 4.79. The van der Waals surface area contributed by atoms with Gasteiger partial charge in [-0.2, -0.15) is 4.98 Å². The highest BCUT2D eigenvalue weighted by atomic mass is 79.9. The zero-order chi connectivity index (χ0) is 13.4. The molecule has 0 aliphatic carbocycles. The third-order valence-corrected chi connectivity index (χ3v) is 4.46. The maximum Gasteiger partial charge on any atom is 0.260 e. The Bertz CT molecular complexity index is 735. The van der Waals surface area contributed by atoms with Crippen LogP contribution in [0, 0.1) is 6.92 Å². The molecule has 6 heteroatoms. The van der Waals surface area contributed by atoms with Crippen molar-refractivity contribution in [2.75, 3.05) is 5.73 Å². The van der Waals surface area contributed by atoms with Gasteiger partial charge in [0.25, 0.3) is 5.89 Å². The number of nitrogens with two attached hydrogens (primary N) is 1. The van der Waals surface area contributed by atoms with Gasteiger partial charge >= 0.3 is 0 Å². The van der Waals surface area contributed by atoms with E-state index in [-0.39, 0.29) is 0 Å². The fraction of sp³-hybridized carbons (Fsp3) is 0.0769. The summed E-state index contributed by atoms with van der Waals surface area (Å²) in [5.74, 6) is 1.02. The standard InChI is InChI=1S/C13H10BrN3OS/c1-7-3-2-4-9(11(7)15)13-16-12(17-18-13)10-5-8(14)6-19-10/h2-6H,15H2,1H3. The lowest BCUT2D eigenvalue weighted by atomic mass is 10.1. The second-order valence-corrected chi connectivity index (χ2v) is 5.92. The van der Waals surface area contributed by atoms with Gasteiger partial charge in [-0.15, -0.1) is 11.3 Å². The van der Waals surface area contributed by atoms with Crippen LogP contribution in [-0.4, -0.2) is 10.1 Å². The average Bonchev–Trinajstić information content (AvgIpc) is 3.01. The van der Waals surface area contributed by atoms with Crippen LogP contribution in [0.15, 0.2) is 38.6 Å². The van der Waals surface area contributed by atoms with Gasteiger partial charge in [0.2, 0.25) is 5.82 Å². The fourth-order valence-corrected chi connectivity index (χ4v) is 3.08. The summed E-state index contributed by atoms with van der Waals surface area (Å²) in [5.41, 5.74) is 8.47. The highest BCUT2D eigenvalue weighted by molar-refractivity contribution is 9.10. The number of aryl methyl sites for hydroxylation is 1. The van der Waals surface area contributed by atoms with Gasteiger partial charge in [0.15, 0.2) is 0 Å². The number of rotatable bonds is 2. The largest absolute Gasteiger partial charge is 0.398 e. The number of nitrogen functional groups attached to an aromatic ring is 1. The first-order valence-corrected chi connectivity index (χ1v) is 7.26. The molecule has 0 amide bonds. The molecule has 0 saturated carbocycles. The van der Waals surface area contributed by atoms with Crippen molar-refractivity contribution in [3.05, 3.63) is 39.7 Å². The van der Waals surface area contributed by atoms with Gasteiger partial charge in [0.05, 0.1) is 10.4 Å². The number of anilines is 1. The summed E-state index contributed by atoms with van der Waals surface area (Å²) in [6.45, 7) is 1.95. The molecule has 0 saturated heterocycles. The maximum atomic E-state index is 6.03. The number of hydrogen-bond acceptors (Lipinski definition) is 5. The van der Waals surface area contributed by atoms with Crippen LogP contribution in [0.4, 0.5) is 5.69 Å². The minimum atomic E-state index is 0.445. The predicted octanol–water partition coefficient (Wildman–Crippen LogP) is 4.12. The Morgan fingerprint density at radius 2 is 2.21 bits per heavy atom. The first-order valence-electron chi connectivity index (χ1n) is 5.59.